The molecule has 3 fully saturated rings. The highest BCUT2D eigenvalue weighted by molar-refractivity contribution is 7.52. The molecule has 3 aromatic rings. The molecule has 0 saturated carbocycles. The molecule has 3 aliphatic rings. The number of carbonyl (C=O) groups is 3. The third-order valence-corrected chi connectivity index (χ3v) is 13.7. The summed E-state index contributed by atoms with van der Waals surface area (Å²) >= 11 is 0. The molecular weight excluding hydrogens is 1070 g/mol. The van der Waals surface area contributed by atoms with E-state index in [0.717, 1.165) is 50.5 Å². The summed E-state index contributed by atoms with van der Waals surface area (Å²) in [5.41, 5.74) is -5.47. The van der Waals surface area contributed by atoms with Gasteiger partial charge in [0.05, 0.1) is 39.6 Å². The molecule has 0 aromatic carbocycles. The molecule has 36 heteroatoms. The Morgan fingerprint density at radius 2 is 0.974 bits per heavy atom. The zero-order valence-electron chi connectivity index (χ0n) is 40.6. The number of aromatic nitrogens is 6. The maximum absolute atomic E-state index is 14.0. The number of nitrogens with one attached hydrogen (secondary N) is 6. The van der Waals surface area contributed by atoms with E-state index in [1.165, 1.54) is 21.1 Å². The van der Waals surface area contributed by atoms with E-state index in [1.54, 1.807) is 0 Å². The van der Waals surface area contributed by atoms with Gasteiger partial charge in [0.15, 0.2) is 18.7 Å². The largest absolute Gasteiger partial charge is 0.472 e. The molecule has 0 radical (unpaired) electrons. The fourth-order valence-corrected chi connectivity index (χ4v) is 9.74. The molecule has 0 bridgehead atoms. The van der Waals surface area contributed by atoms with Gasteiger partial charge in [0.2, 0.25) is 17.7 Å². The number of carbonyl (C=O) groups excluding carboxylic acids is 3. The molecule has 422 valence electrons. The average molecular weight is 1130 g/mol. The highest BCUT2D eigenvalue weighted by Crippen LogP contribution is 2.51. The van der Waals surface area contributed by atoms with Crippen molar-refractivity contribution in [3.63, 3.8) is 0 Å². The Morgan fingerprint density at radius 3 is 1.41 bits per heavy atom. The smallest absolute Gasteiger partial charge is 0.394 e. The second kappa shape index (κ2) is 26.6. The van der Waals surface area contributed by atoms with E-state index < -0.39 is 173 Å². The molecule has 6 rings (SSSR count). The number of hydrogen-bond acceptors (Lipinski definition) is 23. The van der Waals surface area contributed by atoms with Crippen LogP contribution in [-0.2, 0) is 70.2 Å². The van der Waals surface area contributed by atoms with E-state index in [9.17, 15) is 72.3 Å². The molecule has 3 aliphatic heterocycles. The molecule has 76 heavy (non-hydrogen) atoms. The van der Waals surface area contributed by atoms with Crippen LogP contribution >= 0.6 is 15.4 Å². The van der Waals surface area contributed by atoms with Gasteiger partial charge >= 0.3 is 32.5 Å². The number of nitrogens with zero attached hydrogens (tertiary/aromatic N) is 3. The lowest BCUT2D eigenvalue weighted by Crippen LogP contribution is -2.41. The first kappa shape index (κ1) is 59.6. The minimum atomic E-state index is -5.54. The zero-order valence-corrected chi connectivity index (χ0v) is 42.4. The lowest BCUT2D eigenvalue weighted by atomic mass is 10.1. The lowest BCUT2D eigenvalue weighted by Gasteiger charge is -2.27. The second-order valence-corrected chi connectivity index (χ2v) is 19.9. The quantitative estimate of drug-likeness (QED) is 0.0318. The lowest BCUT2D eigenvalue weighted by molar-refractivity contribution is -0.125. The molecule has 34 nitrogen and oxygen atoms in total. The van der Waals surface area contributed by atoms with Crippen molar-refractivity contribution in [2.24, 2.45) is 0 Å². The summed E-state index contributed by atoms with van der Waals surface area (Å²) < 4.78 is 87.5. The first-order chi connectivity index (χ1) is 36.1. The molecule has 14 atom stereocenters. The summed E-state index contributed by atoms with van der Waals surface area (Å²) in [7, 11) is -6.56. The molecule has 5 unspecified atom stereocenters. The minimum Gasteiger partial charge on any atom is -0.394 e. The number of amides is 3. The first-order valence-electron chi connectivity index (χ1n) is 23.0. The Kier molecular flexibility index (Phi) is 20.9. The summed E-state index contributed by atoms with van der Waals surface area (Å²) in [6.07, 6.45) is -18.2. The number of phosphoric acid groups is 1. The van der Waals surface area contributed by atoms with E-state index in [-0.39, 0.29) is 32.5 Å². The fraction of sp³-hybridized carbons (Fsp3) is 0.625. The predicted octanol–water partition coefficient (Wildman–Crippen LogP) is -5.71. The van der Waals surface area contributed by atoms with Crippen molar-refractivity contribution in [2.45, 2.75) is 92.9 Å². The topological polar surface area (TPSA) is 459 Å². The van der Waals surface area contributed by atoms with Crippen LogP contribution in [0.15, 0.2) is 65.6 Å². The van der Waals surface area contributed by atoms with Gasteiger partial charge in [-0.2, -0.15) is 0 Å². The van der Waals surface area contributed by atoms with E-state index in [2.05, 4.69) is 16.0 Å². The van der Waals surface area contributed by atoms with Crippen LogP contribution in [0.4, 0.5) is 0 Å². The molecular formula is C40H57N9O25P2. The second-order valence-electron chi connectivity index (χ2n) is 16.7. The standard InChI is InChI=1S/C40H57N9O25P2/c1-41-23(51)7-13-65-32-29(57)21(72-35(32)47-10-4-26(54)44-38(47)58)17-70-76(63,64)74-31-22(73-37(34(31)67-15-9-25(53)43-3)49-12-6-28(56)46-40(49)60)18-69-75(61,62)19-68-30-20(16-50)71-36(33(30)66-14-8-24(52)42-2)48-11-5-27(55)45-39(48)59/h4-6,10-12,20-22,29-37,50,57H,7-9,13-19H2,1-3H3,(H,41,51)(H,42,52)(H,43,53)(H,61,62)(H,63,64)(H,44,54,58)(H,45,55,59)(H,46,56,60)/t20-,21-,22-,29?,30?,31?,32+,33+,34+,35-,36-,37-/m1/s1. The maximum atomic E-state index is 14.0. The average Bonchev–Trinajstić information content (AvgIpc) is 4.01. The van der Waals surface area contributed by atoms with Gasteiger partial charge in [-0.25, -0.2) is 18.9 Å². The van der Waals surface area contributed by atoms with Crippen molar-refractivity contribution >= 4 is 33.1 Å². The Balaban J connectivity index is 1.24. The van der Waals surface area contributed by atoms with Gasteiger partial charge < -0.3 is 73.6 Å². The summed E-state index contributed by atoms with van der Waals surface area (Å²) in [4.78, 5) is 139. The highest BCUT2D eigenvalue weighted by atomic mass is 31.2. The van der Waals surface area contributed by atoms with Crippen LogP contribution in [0.2, 0.25) is 0 Å². The fourth-order valence-electron chi connectivity index (χ4n) is 7.97. The summed E-state index contributed by atoms with van der Waals surface area (Å²) in [6, 6.07) is 2.85. The number of rotatable bonds is 27. The van der Waals surface area contributed by atoms with Gasteiger partial charge in [-0.1, -0.05) is 0 Å². The minimum absolute atomic E-state index is 0.209. The Morgan fingerprint density at radius 1 is 0.579 bits per heavy atom. The molecule has 3 aromatic heterocycles. The van der Waals surface area contributed by atoms with Crippen LogP contribution in [0.1, 0.15) is 37.9 Å². The van der Waals surface area contributed by atoms with Crippen molar-refractivity contribution in [3.05, 3.63) is 99.3 Å². The van der Waals surface area contributed by atoms with Crippen molar-refractivity contribution in [3.8, 4) is 0 Å². The van der Waals surface area contributed by atoms with Gasteiger partial charge in [-0.15, -0.1) is 0 Å². The third-order valence-electron chi connectivity index (χ3n) is 11.7. The SMILES string of the molecule is CNC(=O)CCO[C@H]1C(O)[C@@H](COP(=O)(O)OC2[C@@H](COP(=O)(O)COC3[C@@H](CO)O[C@@H](n4ccc(=O)[nH]c4=O)[C@H]3OCCC(=O)NC)O[C@@H](n3ccc(=O)[nH]c3=O)[C@H]2OCCC(=O)NC)O[C@H]1n1ccc(=O)[nH]c1=O. The van der Waals surface area contributed by atoms with Gasteiger partial charge in [0.1, 0.15) is 61.3 Å². The molecule has 3 amide bonds. The Bertz CT molecular complexity index is 2960. The Hall–Kier alpha value is -5.65. The molecule has 0 aliphatic carbocycles. The van der Waals surface area contributed by atoms with Gasteiger partial charge in [0.25, 0.3) is 16.7 Å². The highest BCUT2D eigenvalue weighted by Gasteiger charge is 2.53. The third kappa shape index (κ3) is 15.3. The van der Waals surface area contributed by atoms with Crippen LogP contribution in [0.3, 0.4) is 0 Å². The summed E-state index contributed by atoms with van der Waals surface area (Å²) in [6.45, 7) is -4.00. The molecule has 3 saturated heterocycles. The molecule has 0 spiro atoms. The predicted molar refractivity (Wildman–Crippen MR) is 250 cm³/mol. The summed E-state index contributed by atoms with van der Waals surface area (Å²) in [5.74, 6) is -1.46. The van der Waals surface area contributed by atoms with Crippen molar-refractivity contribution < 1.29 is 90.2 Å². The van der Waals surface area contributed by atoms with Crippen molar-refractivity contribution in [1.82, 2.24) is 44.6 Å². The van der Waals surface area contributed by atoms with Gasteiger partial charge in [0, 0.05) is 77.2 Å². The number of hydrogen-bond donors (Lipinski definition) is 10. The normalized spacial score (nSPS) is 27.9. The van der Waals surface area contributed by atoms with Crippen LogP contribution < -0.4 is 49.7 Å². The number of aromatic amines is 3. The van der Waals surface area contributed by atoms with E-state index in [1.807, 2.05) is 15.0 Å². The monoisotopic (exact) mass is 1130 g/mol. The molecule has 10 N–H and O–H groups in total. The number of aliphatic hydroxyl groups is 2. The number of ether oxygens (including phenoxy) is 7. The number of phosphoric ester groups is 1. The van der Waals surface area contributed by atoms with Crippen molar-refractivity contribution in [1.29, 1.82) is 0 Å². The maximum Gasteiger partial charge on any atom is 0.472 e. The van der Waals surface area contributed by atoms with Crippen LogP contribution in [0, 0.1) is 0 Å². The van der Waals surface area contributed by atoms with Crippen molar-refractivity contribution in [2.75, 3.05) is 67.1 Å². The van der Waals surface area contributed by atoms with E-state index in [4.69, 9.17) is 46.7 Å². The van der Waals surface area contributed by atoms with Crippen LogP contribution in [0.25, 0.3) is 0 Å². The van der Waals surface area contributed by atoms with Gasteiger partial charge in [-0.3, -0.25) is 71.0 Å². The molecule has 6 heterocycles. The Labute approximate surface area is 426 Å². The van der Waals surface area contributed by atoms with E-state index in [0.29, 0.717) is 0 Å². The number of aliphatic hydroxyl groups excluding tert-OH is 2. The van der Waals surface area contributed by atoms with Gasteiger partial charge in [-0.05, 0) is 0 Å². The summed E-state index contributed by atoms with van der Waals surface area (Å²) in [5, 5.41) is 28.7. The first-order valence-corrected chi connectivity index (χ1v) is 26.2. The van der Waals surface area contributed by atoms with E-state index >= 15 is 0 Å². The zero-order chi connectivity index (χ0) is 55.5. The van der Waals surface area contributed by atoms with Crippen LogP contribution in [-0.4, -0.2) is 188 Å². The van der Waals surface area contributed by atoms with Crippen LogP contribution in [0.5, 0.6) is 0 Å². The number of H-pyrrole nitrogens is 3.